The second-order valence-corrected chi connectivity index (χ2v) is 4.28. The van der Waals surface area contributed by atoms with Crippen molar-refractivity contribution in [3.8, 4) is 11.5 Å². The second kappa shape index (κ2) is 7.96. The lowest BCUT2D eigenvalue weighted by atomic mass is 10.2. The van der Waals surface area contributed by atoms with Gasteiger partial charge in [0.1, 0.15) is 0 Å². The number of rotatable bonds is 4. The molecule has 2 rings (SSSR count). The van der Waals surface area contributed by atoms with Gasteiger partial charge in [-0.15, -0.1) is 0 Å². The fraction of sp³-hybridized carbons (Fsp3) is 0. The first kappa shape index (κ1) is 19.0. The largest absolute Gasteiger partial charge is 0.502 e. The molecule has 0 radical (unpaired) electrons. The number of aromatic hydroxyl groups is 2. The van der Waals surface area contributed by atoms with Gasteiger partial charge in [0, 0.05) is 12.1 Å². The molecule has 0 aliphatic rings. The molecule has 0 aliphatic heterocycles. The highest BCUT2D eigenvalue weighted by atomic mass is 16.6. The quantitative estimate of drug-likeness (QED) is 0.473. The number of carbonyl (C=O) groups is 1. The summed E-state index contributed by atoms with van der Waals surface area (Å²) in [6, 6.07) is 6.37. The van der Waals surface area contributed by atoms with E-state index >= 15 is 0 Å². The maximum Gasteiger partial charge on any atom is 0.317 e. The molecule has 0 saturated carbocycles. The number of nitro benzene ring substituents is 3. The SMILES string of the molecule is O=Cc1cccc([N+](=O)[O-])c1O.O=[N+]([O-])c1ccc(O)c([N+](=O)[O-])c1. The van der Waals surface area contributed by atoms with E-state index in [-0.39, 0.29) is 5.56 Å². The van der Waals surface area contributed by atoms with Gasteiger partial charge in [0.25, 0.3) is 5.69 Å². The number of hydrogen-bond donors (Lipinski definition) is 2. The number of hydrogen-bond acceptors (Lipinski definition) is 9. The zero-order valence-electron chi connectivity index (χ0n) is 12.1. The van der Waals surface area contributed by atoms with Crippen molar-refractivity contribution in [2.75, 3.05) is 0 Å². The van der Waals surface area contributed by atoms with Gasteiger partial charge in [-0.05, 0) is 12.1 Å². The van der Waals surface area contributed by atoms with Crippen molar-refractivity contribution in [1.29, 1.82) is 0 Å². The van der Waals surface area contributed by atoms with Crippen LogP contribution in [0.25, 0.3) is 0 Å². The molecule has 0 atom stereocenters. The summed E-state index contributed by atoms with van der Waals surface area (Å²) in [6.07, 6.45) is 0.363. The Morgan fingerprint density at radius 3 is 1.92 bits per heavy atom. The standard InChI is InChI=1S/C7H5NO4.C6H4N2O5/c9-4-5-2-1-3-6(7(5)10)8(11)12;9-6-2-1-4(7(10)11)3-5(6)8(12)13/h1-4,10H;1-3,9H. The molecule has 2 aromatic carbocycles. The molecule has 0 amide bonds. The summed E-state index contributed by atoms with van der Waals surface area (Å²) in [5.74, 6) is -1.17. The smallest absolute Gasteiger partial charge is 0.317 e. The van der Waals surface area contributed by atoms with E-state index in [0.717, 1.165) is 18.2 Å². The molecule has 0 bridgehead atoms. The van der Waals surface area contributed by atoms with Crippen molar-refractivity contribution in [2.45, 2.75) is 0 Å². The summed E-state index contributed by atoms with van der Waals surface area (Å²) < 4.78 is 0. The highest BCUT2D eigenvalue weighted by molar-refractivity contribution is 5.81. The van der Waals surface area contributed by atoms with Crippen LogP contribution in [0.3, 0.4) is 0 Å². The van der Waals surface area contributed by atoms with E-state index in [4.69, 9.17) is 10.2 Å². The number of phenols is 2. The van der Waals surface area contributed by atoms with Crippen LogP contribution < -0.4 is 0 Å². The van der Waals surface area contributed by atoms with Crippen molar-refractivity contribution in [3.05, 3.63) is 72.3 Å². The van der Waals surface area contributed by atoms with Crippen LogP contribution in [-0.2, 0) is 0 Å². The fourth-order valence-corrected chi connectivity index (χ4v) is 1.56. The molecule has 0 aromatic heterocycles. The average Bonchev–Trinajstić information content (AvgIpc) is 2.55. The molecule has 0 unspecified atom stereocenters. The van der Waals surface area contributed by atoms with Crippen molar-refractivity contribution >= 4 is 23.3 Å². The third kappa shape index (κ3) is 4.69. The van der Waals surface area contributed by atoms with Gasteiger partial charge in [-0.1, -0.05) is 6.07 Å². The highest BCUT2D eigenvalue weighted by Crippen LogP contribution is 2.29. The maximum atomic E-state index is 10.2. The zero-order valence-corrected chi connectivity index (χ0v) is 12.1. The van der Waals surface area contributed by atoms with Gasteiger partial charge in [-0.25, -0.2) is 0 Å². The van der Waals surface area contributed by atoms with Crippen molar-refractivity contribution < 1.29 is 29.8 Å². The molecule has 25 heavy (non-hydrogen) atoms. The fourth-order valence-electron chi connectivity index (χ4n) is 1.56. The maximum absolute atomic E-state index is 10.2. The number of carbonyl (C=O) groups excluding carboxylic acids is 1. The van der Waals surface area contributed by atoms with Gasteiger partial charge in [-0.2, -0.15) is 0 Å². The number of nitrogens with zero attached hydrogens (tertiary/aromatic N) is 3. The normalized spacial score (nSPS) is 9.44. The molecule has 0 heterocycles. The Hall–Kier alpha value is -4.09. The van der Waals surface area contributed by atoms with Gasteiger partial charge < -0.3 is 10.2 Å². The Bertz CT molecular complexity index is 851. The predicted octanol–water partition coefficient (Wildman–Crippen LogP) is 2.32. The molecular formula is C13H9N3O9. The molecule has 130 valence electrons. The predicted molar refractivity (Wildman–Crippen MR) is 81.6 cm³/mol. The highest BCUT2D eigenvalue weighted by Gasteiger charge is 2.18. The number of para-hydroxylation sites is 1. The van der Waals surface area contributed by atoms with E-state index in [1.165, 1.54) is 12.1 Å². The Balaban J connectivity index is 0.000000251. The molecule has 0 spiro atoms. The van der Waals surface area contributed by atoms with Crippen molar-refractivity contribution in [2.24, 2.45) is 0 Å². The molecule has 2 aromatic rings. The van der Waals surface area contributed by atoms with E-state index in [9.17, 15) is 35.1 Å². The topological polar surface area (TPSA) is 187 Å². The summed E-state index contributed by atoms with van der Waals surface area (Å²) in [4.78, 5) is 38.4. The first-order chi connectivity index (χ1) is 11.7. The minimum absolute atomic E-state index is 0.0794. The third-order valence-electron chi connectivity index (χ3n) is 2.74. The lowest BCUT2D eigenvalue weighted by Gasteiger charge is -1.96. The van der Waals surface area contributed by atoms with Gasteiger partial charge in [0.15, 0.2) is 12.0 Å². The summed E-state index contributed by atoms with van der Waals surface area (Å²) >= 11 is 0. The lowest BCUT2D eigenvalue weighted by molar-refractivity contribution is -0.394. The molecule has 0 aliphatic carbocycles. The monoisotopic (exact) mass is 351 g/mol. The summed E-state index contributed by atoms with van der Waals surface area (Å²) in [7, 11) is 0. The number of non-ortho nitro benzene ring substituents is 1. The summed E-state index contributed by atoms with van der Waals surface area (Å²) in [6.45, 7) is 0. The Labute approximate surface area is 138 Å². The Kier molecular flexibility index (Phi) is 6.03. The van der Waals surface area contributed by atoms with E-state index in [2.05, 4.69) is 0 Å². The van der Waals surface area contributed by atoms with Crippen LogP contribution in [0.2, 0.25) is 0 Å². The van der Waals surface area contributed by atoms with Crippen LogP contribution >= 0.6 is 0 Å². The number of aldehydes is 1. The van der Waals surface area contributed by atoms with Crippen LogP contribution in [-0.4, -0.2) is 31.3 Å². The summed E-state index contributed by atoms with van der Waals surface area (Å²) in [5, 5.41) is 48.6. The zero-order chi connectivity index (χ0) is 19.1. The Morgan fingerprint density at radius 2 is 1.44 bits per heavy atom. The summed E-state index contributed by atoms with van der Waals surface area (Å²) in [5.41, 5.74) is -1.64. The first-order valence-corrected chi connectivity index (χ1v) is 6.22. The van der Waals surface area contributed by atoms with Crippen LogP contribution in [0.15, 0.2) is 36.4 Å². The molecule has 0 saturated heterocycles. The van der Waals surface area contributed by atoms with Crippen molar-refractivity contribution in [1.82, 2.24) is 0 Å². The van der Waals surface area contributed by atoms with Crippen LogP contribution in [0.4, 0.5) is 17.1 Å². The van der Waals surface area contributed by atoms with E-state index in [0.29, 0.717) is 12.4 Å². The van der Waals surface area contributed by atoms with Crippen LogP contribution in [0.5, 0.6) is 11.5 Å². The molecule has 12 heteroatoms. The van der Waals surface area contributed by atoms with Gasteiger partial charge in [0.05, 0.1) is 26.4 Å². The molecule has 0 fully saturated rings. The van der Waals surface area contributed by atoms with Crippen LogP contribution in [0, 0.1) is 30.3 Å². The number of benzene rings is 2. The average molecular weight is 351 g/mol. The second-order valence-electron chi connectivity index (χ2n) is 4.28. The third-order valence-corrected chi connectivity index (χ3v) is 2.74. The minimum Gasteiger partial charge on any atom is -0.502 e. The molecular weight excluding hydrogens is 342 g/mol. The van der Waals surface area contributed by atoms with E-state index < -0.39 is 43.3 Å². The van der Waals surface area contributed by atoms with Gasteiger partial charge >= 0.3 is 11.4 Å². The minimum atomic E-state index is -0.887. The van der Waals surface area contributed by atoms with E-state index in [1.807, 2.05) is 0 Å². The first-order valence-electron chi connectivity index (χ1n) is 6.22. The number of nitro groups is 3. The molecule has 12 nitrogen and oxygen atoms in total. The molecule has 2 N–H and O–H groups in total. The van der Waals surface area contributed by atoms with Gasteiger partial charge in [0.2, 0.25) is 5.75 Å². The van der Waals surface area contributed by atoms with Gasteiger partial charge in [-0.3, -0.25) is 35.1 Å². The van der Waals surface area contributed by atoms with E-state index in [1.54, 1.807) is 0 Å². The lowest BCUT2D eigenvalue weighted by Crippen LogP contribution is -1.92. The number of phenolic OH excluding ortho intramolecular Hbond substituents is 2. The Morgan fingerprint density at radius 1 is 0.840 bits per heavy atom. The van der Waals surface area contributed by atoms with Crippen molar-refractivity contribution in [3.63, 3.8) is 0 Å². The van der Waals surface area contributed by atoms with Crippen LogP contribution in [0.1, 0.15) is 10.4 Å².